The number of nitrogens with zero attached hydrogens (tertiary/aromatic N) is 3. The molecule has 2 aromatic rings. The van der Waals surface area contributed by atoms with Crippen LogP contribution >= 0.6 is 23.7 Å². The molecule has 0 spiro atoms. The minimum atomic E-state index is 0. The van der Waals surface area contributed by atoms with E-state index in [2.05, 4.69) is 0 Å². The van der Waals surface area contributed by atoms with Gasteiger partial charge in [-0.15, -0.1) is 23.7 Å². The van der Waals surface area contributed by atoms with E-state index in [9.17, 15) is 9.59 Å². The summed E-state index contributed by atoms with van der Waals surface area (Å²) in [6, 6.07) is 0.189. The zero-order valence-electron chi connectivity index (χ0n) is 15.0. The first-order valence-corrected chi connectivity index (χ1v) is 9.95. The molecule has 1 fully saturated rings. The van der Waals surface area contributed by atoms with Crippen molar-refractivity contribution in [3.05, 3.63) is 26.6 Å². The summed E-state index contributed by atoms with van der Waals surface area (Å²) in [6.07, 6.45) is 5.74. The summed E-state index contributed by atoms with van der Waals surface area (Å²) in [5.74, 6) is 0.895. The normalized spacial score (nSPS) is 18.3. The van der Waals surface area contributed by atoms with E-state index in [0.29, 0.717) is 28.2 Å². The summed E-state index contributed by atoms with van der Waals surface area (Å²) in [5, 5.41) is 0.632. The highest BCUT2D eigenvalue weighted by molar-refractivity contribution is 7.20. The Morgan fingerprint density at radius 1 is 1.19 bits per heavy atom. The highest BCUT2D eigenvalue weighted by atomic mass is 35.5. The zero-order chi connectivity index (χ0) is 17.6. The summed E-state index contributed by atoms with van der Waals surface area (Å²) in [5.41, 5.74) is 6.75. The fourth-order valence-electron chi connectivity index (χ4n) is 3.86. The topological polar surface area (TPSA) is 81.2 Å². The number of hydrogen-bond donors (Lipinski definition) is 1. The standard InChI is InChI=1S/C18H24N4O2S.ClH/c1-11-14-16(20-13-5-3-2-4-8-22(13)17(14)23)25-15(11)18(24)21-9-6-12(19)7-10-21;/h12H,2-10,19H2,1H3;1H. The van der Waals surface area contributed by atoms with Crippen molar-refractivity contribution in [3.63, 3.8) is 0 Å². The number of halogens is 1. The van der Waals surface area contributed by atoms with E-state index in [-0.39, 0.29) is 29.9 Å². The second kappa shape index (κ2) is 7.66. The third kappa shape index (κ3) is 3.28. The fourth-order valence-corrected chi connectivity index (χ4v) is 5.02. The highest BCUT2D eigenvalue weighted by Crippen LogP contribution is 2.30. The van der Waals surface area contributed by atoms with E-state index >= 15 is 0 Å². The molecular weight excluding hydrogens is 372 g/mol. The van der Waals surface area contributed by atoms with Crippen LogP contribution in [-0.4, -0.2) is 39.5 Å². The van der Waals surface area contributed by atoms with Crippen molar-refractivity contribution >= 4 is 39.9 Å². The van der Waals surface area contributed by atoms with Gasteiger partial charge in [0.25, 0.3) is 11.5 Å². The zero-order valence-corrected chi connectivity index (χ0v) is 16.6. The fraction of sp³-hybridized carbons (Fsp3) is 0.611. The van der Waals surface area contributed by atoms with Gasteiger partial charge in [-0.1, -0.05) is 6.42 Å². The maximum Gasteiger partial charge on any atom is 0.264 e. The van der Waals surface area contributed by atoms with Gasteiger partial charge in [0.1, 0.15) is 10.7 Å². The Morgan fingerprint density at radius 3 is 2.65 bits per heavy atom. The summed E-state index contributed by atoms with van der Waals surface area (Å²) in [4.78, 5) is 33.9. The molecule has 0 unspecified atom stereocenters. The molecular formula is C18H25ClN4O2S. The number of piperidine rings is 1. The van der Waals surface area contributed by atoms with Crippen LogP contribution in [-0.2, 0) is 13.0 Å². The van der Waals surface area contributed by atoms with Crippen LogP contribution in [0.2, 0.25) is 0 Å². The van der Waals surface area contributed by atoms with Crippen molar-refractivity contribution < 1.29 is 4.79 Å². The minimum absolute atomic E-state index is 0. The van der Waals surface area contributed by atoms with Crippen LogP contribution in [0.4, 0.5) is 0 Å². The van der Waals surface area contributed by atoms with Crippen LogP contribution < -0.4 is 11.3 Å². The number of nitrogens with two attached hydrogens (primary N) is 1. The molecule has 26 heavy (non-hydrogen) atoms. The van der Waals surface area contributed by atoms with Crippen molar-refractivity contribution in [2.75, 3.05) is 13.1 Å². The first kappa shape index (κ1) is 19.3. The van der Waals surface area contributed by atoms with Gasteiger partial charge >= 0.3 is 0 Å². The van der Waals surface area contributed by atoms with Gasteiger partial charge in [-0.05, 0) is 38.2 Å². The molecule has 2 aliphatic heterocycles. The lowest BCUT2D eigenvalue weighted by Crippen LogP contribution is -2.42. The van der Waals surface area contributed by atoms with Crippen LogP contribution in [0, 0.1) is 6.92 Å². The van der Waals surface area contributed by atoms with Gasteiger partial charge in [0.15, 0.2) is 0 Å². The second-order valence-electron chi connectivity index (χ2n) is 7.16. The van der Waals surface area contributed by atoms with Crippen molar-refractivity contribution in [2.45, 2.75) is 58.0 Å². The van der Waals surface area contributed by atoms with E-state index in [0.717, 1.165) is 56.5 Å². The molecule has 1 amide bonds. The average Bonchev–Trinajstić information content (AvgIpc) is 2.78. The average molecular weight is 397 g/mol. The van der Waals surface area contributed by atoms with Crippen molar-refractivity contribution in [3.8, 4) is 0 Å². The molecule has 4 heterocycles. The number of hydrogen-bond acceptors (Lipinski definition) is 5. The summed E-state index contributed by atoms with van der Waals surface area (Å²) < 4.78 is 1.82. The molecule has 142 valence electrons. The van der Waals surface area contributed by atoms with Gasteiger partial charge in [-0.3, -0.25) is 14.2 Å². The number of carbonyl (C=O) groups is 1. The van der Waals surface area contributed by atoms with E-state index in [1.807, 2.05) is 16.4 Å². The van der Waals surface area contributed by atoms with E-state index < -0.39 is 0 Å². The molecule has 2 N–H and O–H groups in total. The highest BCUT2D eigenvalue weighted by Gasteiger charge is 2.27. The number of thiophene rings is 1. The summed E-state index contributed by atoms with van der Waals surface area (Å²) in [7, 11) is 0. The SMILES string of the molecule is Cc1c(C(=O)N2CCC(N)CC2)sc2nc3n(c(=O)c12)CCCCC3.Cl. The van der Waals surface area contributed by atoms with E-state index in [4.69, 9.17) is 10.7 Å². The monoisotopic (exact) mass is 396 g/mol. The predicted molar refractivity (Wildman–Crippen MR) is 107 cm³/mol. The van der Waals surface area contributed by atoms with Gasteiger partial charge in [-0.2, -0.15) is 0 Å². The van der Waals surface area contributed by atoms with E-state index in [1.54, 1.807) is 0 Å². The molecule has 1 saturated heterocycles. The van der Waals surface area contributed by atoms with Crippen LogP contribution in [0.5, 0.6) is 0 Å². The lowest BCUT2D eigenvalue weighted by Gasteiger charge is -2.30. The quantitative estimate of drug-likeness (QED) is 0.802. The van der Waals surface area contributed by atoms with Crippen molar-refractivity contribution in [1.29, 1.82) is 0 Å². The molecule has 2 aliphatic rings. The van der Waals surface area contributed by atoms with Gasteiger partial charge in [0, 0.05) is 32.1 Å². The summed E-state index contributed by atoms with van der Waals surface area (Å²) >= 11 is 1.37. The molecule has 4 rings (SSSR count). The second-order valence-corrected chi connectivity index (χ2v) is 8.16. The Balaban J connectivity index is 0.00000196. The van der Waals surface area contributed by atoms with E-state index in [1.165, 1.54) is 11.3 Å². The Labute approximate surface area is 162 Å². The largest absolute Gasteiger partial charge is 0.338 e. The molecule has 8 heteroatoms. The van der Waals surface area contributed by atoms with Crippen LogP contribution in [0.25, 0.3) is 10.2 Å². The van der Waals surface area contributed by atoms with Crippen LogP contribution in [0.15, 0.2) is 4.79 Å². The Bertz CT molecular complexity index is 883. The molecule has 0 atom stereocenters. The minimum Gasteiger partial charge on any atom is -0.338 e. The maximum absolute atomic E-state index is 13.0. The predicted octanol–water partition coefficient (Wildman–Crippen LogP) is 2.48. The smallest absolute Gasteiger partial charge is 0.264 e. The molecule has 0 radical (unpaired) electrons. The number of fused-ring (bicyclic) bond motifs is 2. The van der Waals surface area contributed by atoms with Gasteiger partial charge in [0.05, 0.1) is 10.3 Å². The number of carbonyl (C=O) groups excluding carboxylic acids is 1. The van der Waals surface area contributed by atoms with Crippen molar-refractivity contribution in [1.82, 2.24) is 14.5 Å². The molecule has 0 aliphatic carbocycles. The number of aryl methyl sites for hydroxylation is 2. The van der Waals surface area contributed by atoms with Gasteiger partial charge < -0.3 is 10.6 Å². The molecule has 0 aromatic carbocycles. The van der Waals surface area contributed by atoms with Crippen LogP contribution in [0.3, 0.4) is 0 Å². The number of likely N-dealkylation sites (tertiary alicyclic amines) is 1. The lowest BCUT2D eigenvalue weighted by atomic mass is 10.1. The van der Waals surface area contributed by atoms with Crippen molar-refractivity contribution in [2.24, 2.45) is 5.73 Å². The lowest BCUT2D eigenvalue weighted by molar-refractivity contribution is 0.0719. The first-order valence-electron chi connectivity index (χ1n) is 9.14. The van der Waals surface area contributed by atoms with Gasteiger partial charge in [0.2, 0.25) is 0 Å². The Kier molecular flexibility index (Phi) is 5.69. The number of amides is 1. The third-order valence-corrected chi connectivity index (χ3v) is 6.61. The molecule has 0 saturated carbocycles. The third-order valence-electron chi connectivity index (χ3n) is 5.43. The Hall–Kier alpha value is -1.44. The number of rotatable bonds is 1. The van der Waals surface area contributed by atoms with Crippen LogP contribution in [0.1, 0.15) is 53.2 Å². The summed E-state index contributed by atoms with van der Waals surface area (Å²) in [6.45, 7) is 4.00. The first-order chi connectivity index (χ1) is 12.1. The number of aromatic nitrogens is 2. The molecule has 0 bridgehead atoms. The maximum atomic E-state index is 13.0. The molecule has 2 aromatic heterocycles. The Morgan fingerprint density at radius 2 is 1.92 bits per heavy atom. The van der Waals surface area contributed by atoms with Gasteiger partial charge in [-0.25, -0.2) is 4.98 Å². The molecule has 6 nitrogen and oxygen atoms in total.